The summed E-state index contributed by atoms with van der Waals surface area (Å²) in [4.78, 5) is 14.8. The van der Waals surface area contributed by atoms with Crippen LogP contribution in [0.15, 0.2) is 0 Å². The number of carbonyl (C=O) groups excluding carboxylic acids is 1. The lowest BCUT2D eigenvalue weighted by molar-refractivity contribution is -0.139. The van der Waals surface area contributed by atoms with Crippen LogP contribution in [0.25, 0.3) is 0 Å². The molecule has 3 unspecified atom stereocenters. The van der Waals surface area contributed by atoms with Crippen molar-refractivity contribution in [2.75, 3.05) is 19.3 Å². The summed E-state index contributed by atoms with van der Waals surface area (Å²) in [6.07, 6.45) is 10.5. The van der Waals surface area contributed by atoms with Crippen LogP contribution in [0.3, 0.4) is 0 Å². The van der Waals surface area contributed by atoms with Crippen molar-refractivity contribution in [2.24, 2.45) is 0 Å². The third-order valence-corrected chi connectivity index (χ3v) is 5.58. The number of piperidine rings is 1. The SMILES string of the molecule is CCCNC1CCCN(C2CCCC(SC)C2)C1=O. The van der Waals surface area contributed by atoms with Crippen molar-refractivity contribution in [3.63, 3.8) is 0 Å². The average molecular weight is 284 g/mol. The Labute approximate surface area is 121 Å². The summed E-state index contributed by atoms with van der Waals surface area (Å²) < 4.78 is 0. The van der Waals surface area contributed by atoms with Crippen molar-refractivity contribution < 1.29 is 4.79 Å². The minimum absolute atomic E-state index is 0.0864. The molecule has 1 amide bonds. The molecule has 1 saturated heterocycles. The second-order valence-electron chi connectivity index (χ2n) is 5.86. The van der Waals surface area contributed by atoms with Crippen molar-refractivity contribution in [1.82, 2.24) is 10.2 Å². The number of hydrogen-bond acceptors (Lipinski definition) is 3. The van der Waals surface area contributed by atoms with Gasteiger partial charge in [0.25, 0.3) is 0 Å². The Bertz CT molecular complexity index is 298. The second-order valence-corrected chi connectivity index (χ2v) is 7.00. The van der Waals surface area contributed by atoms with E-state index in [1.165, 1.54) is 25.7 Å². The summed E-state index contributed by atoms with van der Waals surface area (Å²) in [5.74, 6) is 0.367. The number of thioether (sulfide) groups is 1. The minimum atomic E-state index is 0.0864. The molecule has 1 aliphatic heterocycles. The summed E-state index contributed by atoms with van der Waals surface area (Å²) >= 11 is 1.98. The topological polar surface area (TPSA) is 32.3 Å². The lowest BCUT2D eigenvalue weighted by Crippen LogP contribution is -2.55. The second kappa shape index (κ2) is 7.53. The zero-order valence-corrected chi connectivity index (χ0v) is 13.2. The Balaban J connectivity index is 1.92. The molecule has 1 heterocycles. The van der Waals surface area contributed by atoms with Gasteiger partial charge >= 0.3 is 0 Å². The number of amides is 1. The monoisotopic (exact) mass is 284 g/mol. The fourth-order valence-electron chi connectivity index (χ4n) is 3.39. The molecule has 3 nitrogen and oxygen atoms in total. The highest BCUT2D eigenvalue weighted by molar-refractivity contribution is 7.99. The normalized spacial score (nSPS) is 32.6. The Morgan fingerprint density at radius 3 is 2.89 bits per heavy atom. The third-order valence-electron chi connectivity index (χ3n) is 4.49. The number of likely N-dealkylation sites (tertiary alicyclic amines) is 1. The molecular formula is C15H28N2OS. The predicted octanol–water partition coefficient (Wildman–Crippen LogP) is 2.65. The average Bonchev–Trinajstić information content (AvgIpc) is 2.46. The van der Waals surface area contributed by atoms with Crippen LogP contribution in [0, 0.1) is 0 Å². The van der Waals surface area contributed by atoms with Gasteiger partial charge in [-0.05, 0) is 51.3 Å². The van der Waals surface area contributed by atoms with Crippen LogP contribution in [0.1, 0.15) is 51.9 Å². The van der Waals surface area contributed by atoms with Gasteiger partial charge in [0.15, 0.2) is 0 Å². The molecular weight excluding hydrogens is 256 g/mol. The maximum Gasteiger partial charge on any atom is 0.239 e. The van der Waals surface area contributed by atoms with Crippen LogP contribution in [0.4, 0.5) is 0 Å². The number of rotatable bonds is 5. The lowest BCUT2D eigenvalue weighted by atomic mass is 9.91. The predicted molar refractivity (Wildman–Crippen MR) is 82.6 cm³/mol. The van der Waals surface area contributed by atoms with E-state index in [1.807, 2.05) is 11.8 Å². The van der Waals surface area contributed by atoms with Crippen molar-refractivity contribution in [3.05, 3.63) is 0 Å². The molecule has 2 rings (SSSR count). The van der Waals surface area contributed by atoms with Gasteiger partial charge in [-0.2, -0.15) is 11.8 Å². The first-order valence-electron chi connectivity index (χ1n) is 7.83. The first-order chi connectivity index (χ1) is 9.26. The highest BCUT2D eigenvalue weighted by Gasteiger charge is 2.34. The summed E-state index contributed by atoms with van der Waals surface area (Å²) in [6.45, 7) is 4.10. The van der Waals surface area contributed by atoms with Gasteiger partial charge in [0.1, 0.15) is 0 Å². The van der Waals surface area contributed by atoms with E-state index in [0.29, 0.717) is 11.9 Å². The highest BCUT2D eigenvalue weighted by atomic mass is 32.2. The molecule has 0 radical (unpaired) electrons. The summed E-state index contributed by atoms with van der Waals surface area (Å²) in [5, 5.41) is 4.18. The van der Waals surface area contributed by atoms with Crippen LogP contribution in [0.5, 0.6) is 0 Å². The van der Waals surface area contributed by atoms with Gasteiger partial charge in [-0.1, -0.05) is 13.3 Å². The summed E-state index contributed by atoms with van der Waals surface area (Å²) in [5.41, 5.74) is 0. The molecule has 0 aromatic rings. The van der Waals surface area contributed by atoms with Gasteiger partial charge < -0.3 is 10.2 Å². The molecule has 1 saturated carbocycles. The Kier molecular flexibility index (Phi) is 6.02. The number of hydrogen-bond donors (Lipinski definition) is 1. The van der Waals surface area contributed by atoms with E-state index in [1.54, 1.807) is 0 Å². The summed E-state index contributed by atoms with van der Waals surface area (Å²) in [7, 11) is 0. The third kappa shape index (κ3) is 3.88. The quantitative estimate of drug-likeness (QED) is 0.842. The van der Waals surface area contributed by atoms with E-state index < -0.39 is 0 Å². The molecule has 3 atom stereocenters. The molecule has 2 aliphatic rings. The molecule has 4 heteroatoms. The van der Waals surface area contributed by atoms with E-state index in [-0.39, 0.29) is 6.04 Å². The van der Waals surface area contributed by atoms with Crippen LogP contribution in [-0.4, -0.2) is 47.5 Å². The van der Waals surface area contributed by atoms with Gasteiger partial charge in [-0.15, -0.1) is 0 Å². The van der Waals surface area contributed by atoms with Crippen molar-refractivity contribution in [2.45, 2.75) is 69.2 Å². The molecule has 0 bridgehead atoms. The molecule has 0 spiro atoms. The van der Waals surface area contributed by atoms with Crippen molar-refractivity contribution in [1.29, 1.82) is 0 Å². The molecule has 2 fully saturated rings. The molecule has 0 aromatic carbocycles. The fourth-order valence-corrected chi connectivity index (χ4v) is 4.20. The van der Waals surface area contributed by atoms with Gasteiger partial charge in [0.05, 0.1) is 6.04 Å². The Morgan fingerprint density at radius 1 is 1.32 bits per heavy atom. The minimum Gasteiger partial charge on any atom is -0.338 e. The molecule has 110 valence electrons. The van der Waals surface area contributed by atoms with Gasteiger partial charge in [-0.25, -0.2) is 0 Å². The van der Waals surface area contributed by atoms with Crippen LogP contribution < -0.4 is 5.32 Å². The first-order valence-corrected chi connectivity index (χ1v) is 9.11. The van der Waals surface area contributed by atoms with Crippen molar-refractivity contribution in [3.8, 4) is 0 Å². The largest absolute Gasteiger partial charge is 0.338 e. The van der Waals surface area contributed by atoms with E-state index in [0.717, 1.165) is 37.6 Å². The smallest absolute Gasteiger partial charge is 0.239 e. The Morgan fingerprint density at radius 2 is 2.16 bits per heavy atom. The maximum atomic E-state index is 12.6. The number of nitrogens with one attached hydrogen (secondary N) is 1. The zero-order chi connectivity index (χ0) is 13.7. The highest BCUT2D eigenvalue weighted by Crippen LogP contribution is 2.31. The summed E-state index contributed by atoms with van der Waals surface area (Å²) in [6, 6.07) is 0.591. The van der Waals surface area contributed by atoms with Crippen LogP contribution in [0.2, 0.25) is 0 Å². The lowest BCUT2D eigenvalue weighted by Gasteiger charge is -2.41. The van der Waals surface area contributed by atoms with E-state index in [9.17, 15) is 4.79 Å². The van der Waals surface area contributed by atoms with E-state index in [2.05, 4.69) is 23.4 Å². The molecule has 1 N–H and O–H groups in total. The van der Waals surface area contributed by atoms with Crippen LogP contribution in [-0.2, 0) is 4.79 Å². The van der Waals surface area contributed by atoms with E-state index >= 15 is 0 Å². The molecule has 1 aliphatic carbocycles. The standard InChI is InChI=1S/C15H28N2OS/c1-3-9-16-14-8-5-10-17(15(14)18)12-6-4-7-13(11-12)19-2/h12-14,16H,3-11H2,1-2H3. The fraction of sp³-hybridized carbons (Fsp3) is 0.933. The van der Waals surface area contributed by atoms with E-state index in [4.69, 9.17) is 0 Å². The first kappa shape index (κ1) is 15.2. The Hall–Kier alpha value is -0.220. The maximum absolute atomic E-state index is 12.6. The van der Waals surface area contributed by atoms with Crippen LogP contribution >= 0.6 is 11.8 Å². The van der Waals surface area contributed by atoms with Crippen molar-refractivity contribution >= 4 is 17.7 Å². The zero-order valence-electron chi connectivity index (χ0n) is 12.4. The number of nitrogens with zero attached hydrogens (tertiary/aromatic N) is 1. The van der Waals surface area contributed by atoms with Gasteiger partial charge in [0.2, 0.25) is 5.91 Å². The van der Waals surface area contributed by atoms with Gasteiger partial charge in [0, 0.05) is 17.8 Å². The molecule has 0 aromatic heterocycles. The molecule has 19 heavy (non-hydrogen) atoms. The van der Waals surface area contributed by atoms with Gasteiger partial charge in [-0.3, -0.25) is 4.79 Å². The number of carbonyl (C=O) groups is 1.